The van der Waals surface area contributed by atoms with Gasteiger partial charge in [-0.05, 0) is 13.8 Å². The number of nitrogens with zero attached hydrogens (tertiary/aromatic N) is 6. The normalized spacial score (nSPS) is 18.5. The number of anilines is 1. The Morgan fingerprint density at radius 2 is 2.17 bits per heavy atom. The van der Waals surface area contributed by atoms with Crippen molar-refractivity contribution < 1.29 is 9.53 Å². The highest BCUT2D eigenvalue weighted by atomic mass is 16.5. The lowest BCUT2D eigenvalue weighted by molar-refractivity contribution is -0.147. The van der Waals surface area contributed by atoms with Crippen molar-refractivity contribution in [3.05, 3.63) is 30.7 Å². The lowest BCUT2D eigenvalue weighted by atomic mass is 10.0. The number of aromatic nitrogens is 5. The van der Waals surface area contributed by atoms with Crippen molar-refractivity contribution in [1.82, 2.24) is 29.6 Å². The van der Waals surface area contributed by atoms with E-state index in [4.69, 9.17) is 4.74 Å². The molecule has 1 aliphatic heterocycles. The Hall–Kier alpha value is -2.55. The molecule has 2 aromatic rings. The second-order valence-electron chi connectivity index (χ2n) is 6.05. The van der Waals surface area contributed by atoms with Crippen molar-refractivity contribution in [1.29, 1.82) is 0 Å². The average molecular weight is 331 g/mol. The Morgan fingerprint density at radius 1 is 1.38 bits per heavy atom. The van der Waals surface area contributed by atoms with Crippen LogP contribution in [0, 0.1) is 0 Å². The van der Waals surface area contributed by atoms with Crippen molar-refractivity contribution in [3.63, 3.8) is 0 Å². The van der Waals surface area contributed by atoms with Crippen molar-refractivity contribution >= 4 is 11.7 Å². The molecule has 1 fully saturated rings. The Kier molecular flexibility index (Phi) is 4.43. The topological polar surface area (TPSA) is 98.1 Å². The number of hydrogen-bond donors (Lipinski definition) is 1. The number of rotatable bonds is 4. The number of amides is 1. The molecule has 1 aliphatic rings. The quantitative estimate of drug-likeness (QED) is 0.868. The number of morpholine rings is 1. The van der Waals surface area contributed by atoms with Crippen LogP contribution in [-0.4, -0.2) is 62.3 Å². The minimum absolute atomic E-state index is 0.0313. The molecular weight excluding hydrogens is 310 g/mol. The van der Waals surface area contributed by atoms with Gasteiger partial charge in [0.2, 0.25) is 5.91 Å². The van der Waals surface area contributed by atoms with Crippen molar-refractivity contribution in [2.24, 2.45) is 0 Å². The number of carbonyl (C=O) groups is 1. The van der Waals surface area contributed by atoms with Crippen LogP contribution in [-0.2, 0) is 15.1 Å². The summed E-state index contributed by atoms with van der Waals surface area (Å²) in [6, 6.07) is 0. The molecule has 128 valence electrons. The summed E-state index contributed by atoms with van der Waals surface area (Å²) < 4.78 is 7.39. The van der Waals surface area contributed by atoms with Crippen LogP contribution < -0.4 is 5.32 Å². The van der Waals surface area contributed by atoms with Gasteiger partial charge in [0.25, 0.3) is 0 Å². The first-order valence-electron chi connectivity index (χ1n) is 7.78. The van der Waals surface area contributed by atoms with E-state index in [0.29, 0.717) is 31.2 Å². The Labute approximate surface area is 140 Å². The maximum Gasteiger partial charge on any atom is 0.250 e. The summed E-state index contributed by atoms with van der Waals surface area (Å²) in [5.41, 5.74) is -0.108. The van der Waals surface area contributed by atoms with E-state index in [1.165, 1.54) is 6.33 Å². The summed E-state index contributed by atoms with van der Waals surface area (Å²) in [5.74, 6) is 0.628. The van der Waals surface area contributed by atoms with E-state index in [1.807, 2.05) is 13.8 Å². The number of hydrogen-bond acceptors (Lipinski definition) is 7. The number of ether oxygens (including phenoxy) is 1. The third kappa shape index (κ3) is 2.94. The fraction of sp³-hybridized carbons (Fsp3) is 0.533. The third-order valence-electron chi connectivity index (χ3n) is 4.14. The van der Waals surface area contributed by atoms with Gasteiger partial charge in [0.1, 0.15) is 35.8 Å². The zero-order valence-corrected chi connectivity index (χ0v) is 14.0. The Bertz CT molecular complexity index is 702. The molecular formula is C15H21N7O2. The molecule has 0 bridgehead atoms. The van der Waals surface area contributed by atoms with Crippen LogP contribution in [0.3, 0.4) is 0 Å². The van der Waals surface area contributed by atoms with Crippen LogP contribution in [0.1, 0.15) is 25.6 Å². The zero-order valence-electron chi connectivity index (χ0n) is 14.0. The van der Waals surface area contributed by atoms with Gasteiger partial charge < -0.3 is 15.0 Å². The zero-order chi connectivity index (χ0) is 17.2. The first-order valence-corrected chi connectivity index (χ1v) is 7.78. The first-order chi connectivity index (χ1) is 11.5. The Balaban J connectivity index is 1.79. The molecule has 1 atom stereocenters. The Morgan fingerprint density at radius 3 is 2.88 bits per heavy atom. The summed E-state index contributed by atoms with van der Waals surface area (Å²) in [7, 11) is 1.78. The highest BCUT2D eigenvalue weighted by Gasteiger charge is 2.38. The van der Waals surface area contributed by atoms with Gasteiger partial charge >= 0.3 is 0 Å². The molecule has 1 unspecified atom stereocenters. The summed E-state index contributed by atoms with van der Waals surface area (Å²) in [6.07, 6.45) is 5.91. The standard InChI is InChI=1S/C15H21N7O2/c1-15(2,22-10-17-9-20-22)14(23)21-6-7-24-11(8-21)12-13(16-3)19-5-4-18-12/h4-5,9-11H,6-8H2,1-3H3,(H,16,19). The van der Waals surface area contributed by atoms with E-state index in [9.17, 15) is 4.79 Å². The number of nitrogens with one attached hydrogen (secondary N) is 1. The van der Waals surface area contributed by atoms with Gasteiger partial charge in [-0.3, -0.25) is 9.78 Å². The molecule has 0 spiro atoms. The monoisotopic (exact) mass is 331 g/mol. The molecule has 3 heterocycles. The summed E-state index contributed by atoms with van der Waals surface area (Å²) in [4.78, 5) is 27.3. The largest absolute Gasteiger partial charge is 0.372 e. The van der Waals surface area contributed by atoms with Crippen LogP contribution in [0.15, 0.2) is 25.0 Å². The SMILES string of the molecule is CNc1nccnc1C1CN(C(=O)C(C)(C)n2cncn2)CCO1. The van der Waals surface area contributed by atoms with Gasteiger partial charge in [0, 0.05) is 26.0 Å². The molecule has 0 aromatic carbocycles. The van der Waals surface area contributed by atoms with E-state index < -0.39 is 5.54 Å². The van der Waals surface area contributed by atoms with Crippen LogP contribution in [0.4, 0.5) is 5.82 Å². The molecule has 1 amide bonds. The van der Waals surface area contributed by atoms with Crippen LogP contribution >= 0.6 is 0 Å². The van der Waals surface area contributed by atoms with Gasteiger partial charge in [-0.25, -0.2) is 14.6 Å². The maximum atomic E-state index is 13.0. The predicted molar refractivity (Wildman–Crippen MR) is 86.2 cm³/mol. The van der Waals surface area contributed by atoms with Crippen molar-refractivity contribution in [3.8, 4) is 0 Å². The predicted octanol–water partition coefficient (Wildman–Crippen LogP) is 0.445. The smallest absolute Gasteiger partial charge is 0.250 e. The van der Waals surface area contributed by atoms with Gasteiger partial charge in [-0.1, -0.05) is 0 Å². The first kappa shape index (κ1) is 16.3. The van der Waals surface area contributed by atoms with Crippen LogP contribution in [0.5, 0.6) is 0 Å². The molecule has 0 radical (unpaired) electrons. The van der Waals surface area contributed by atoms with Crippen LogP contribution in [0.25, 0.3) is 0 Å². The van der Waals surface area contributed by atoms with Crippen molar-refractivity contribution in [2.45, 2.75) is 25.5 Å². The fourth-order valence-electron chi connectivity index (χ4n) is 2.76. The second kappa shape index (κ2) is 6.52. The molecule has 0 saturated carbocycles. The van der Waals surface area contributed by atoms with Crippen LogP contribution in [0.2, 0.25) is 0 Å². The lowest BCUT2D eigenvalue weighted by Crippen LogP contribution is -2.51. The lowest BCUT2D eigenvalue weighted by Gasteiger charge is -2.37. The van der Waals surface area contributed by atoms with E-state index in [1.54, 1.807) is 35.4 Å². The molecule has 0 aliphatic carbocycles. The second-order valence-corrected chi connectivity index (χ2v) is 6.05. The third-order valence-corrected chi connectivity index (χ3v) is 4.14. The van der Waals surface area contributed by atoms with E-state index in [-0.39, 0.29) is 12.0 Å². The highest BCUT2D eigenvalue weighted by molar-refractivity contribution is 5.83. The molecule has 9 heteroatoms. The van der Waals surface area contributed by atoms with Gasteiger partial charge in [0.05, 0.1) is 13.2 Å². The highest BCUT2D eigenvalue weighted by Crippen LogP contribution is 2.27. The van der Waals surface area contributed by atoms with Gasteiger partial charge in [-0.15, -0.1) is 0 Å². The van der Waals surface area contributed by atoms with E-state index in [2.05, 4.69) is 25.4 Å². The molecule has 2 aromatic heterocycles. The van der Waals surface area contributed by atoms with Gasteiger partial charge in [0.15, 0.2) is 0 Å². The van der Waals surface area contributed by atoms with E-state index >= 15 is 0 Å². The average Bonchev–Trinajstić information content (AvgIpc) is 3.16. The van der Waals surface area contributed by atoms with Crippen molar-refractivity contribution in [2.75, 3.05) is 32.1 Å². The molecule has 24 heavy (non-hydrogen) atoms. The van der Waals surface area contributed by atoms with Gasteiger partial charge in [-0.2, -0.15) is 5.10 Å². The minimum Gasteiger partial charge on any atom is -0.372 e. The number of carbonyl (C=O) groups excluding carboxylic acids is 1. The van der Waals surface area contributed by atoms with E-state index in [0.717, 1.165) is 0 Å². The molecule has 1 saturated heterocycles. The molecule has 1 N–H and O–H groups in total. The molecule has 9 nitrogen and oxygen atoms in total. The minimum atomic E-state index is -0.813. The fourth-order valence-corrected chi connectivity index (χ4v) is 2.76. The summed E-state index contributed by atoms with van der Waals surface area (Å²) >= 11 is 0. The summed E-state index contributed by atoms with van der Waals surface area (Å²) in [6.45, 7) is 5.06. The maximum absolute atomic E-state index is 13.0. The summed E-state index contributed by atoms with van der Waals surface area (Å²) in [5, 5.41) is 7.11. The molecule has 3 rings (SSSR count).